The highest BCUT2D eigenvalue weighted by Crippen LogP contribution is 2.52. The highest BCUT2D eigenvalue weighted by Gasteiger charge is 2.37. The van der Waals surface area contributed by atoms with Crippen molar-refractivity contribution in [1.82, 2.24) is 9.97 Å². The van der Waals surface area contributed by atoms with Crippen LogP contribution in [0, 0.1) is 0 Å². The molecule has 2 heteroatoms. The van der Waals surface area contributed by atoms with Crippen LogP contribution in [0.4, 0.5) is 0 Å². The van der Waals surface area contributed by atoms with E-state index in [2.05, 4.69) is 190 Å². The SMILES string of the molecule is CC1(C)c2cc(-c3cccc(-c4ccc(-c5cc(-c6cccc7ccccc67)nc(-c6ccccc6)n5)c5ccccc45)c3)ccc2-c2ccc3ccccc3c21. The first kappa shape index (κ1) is 33.2. The van der Waals surface area contributed by atoms with E-state index < -0.39 is 0 Å². The van der Waals surface area contributed by atoms with E-state index in [1.807, 2.05) is 18.2 Å². The second kappa shape index (κ2) is 13.0. The van der Waals surface area contributed by atoms with Crippen LogP contribution in [0.15, 0.2) is 194 Å². The van der Waals surface area contributed by atoms with Crippen LogP contribution in [0.3, 0.4) is 0 Å². The maximum absolute atomic E-state index is 5.25. The van der Waals surface area contributed by atoms with E-state index >= 15 is 0 Å². The Balaban J connectivity index is 1.02. The summed E-state index contributed by atoms with van der Waals surface area (Å²) in [6.45, 7) is 4.76. The molecule has 11 rings (SSSR count). The lowest BCUT2D eigenvalue weighted by molar-refractivity contribution is 0.666. The molecule has 268 valence electrons. The van der Waals surface area contributed by atoms with Gasteiger partial charge in [-0.2, -0.15) is 0 Å². The van der Waals surface area contributed by atoms with Crippen molar-refractivity contribution in [2.75, 3.05) is 0 Å². The quantitative estimate of drug-likeness (QED) is 0.176. The van der Waals surface area contributed by atoms with Gasteiger partial charge in [0.25, 0.3) is 0 Å². The number of aromatic nitrogens is 2. The largest absolute Gasteiger partial charge is 0.228 e. The monoisotopic (exact) mass is 726 g/mol. The van der Waals surface area contributed by atoms with Gasteiger partial charge in [0.15, 0.2) is 5.82 Å². The van der Waals surface area contributed by atoms with E-state index in [-0.39, 0.29) is 5.41 Å². The Morgan fingerprint density at radius 2 is 0.860 bits per heavy atom. The molecule has 0 N–H and O–H groups in total. The molecule has 9 aromatic carbocycles. The molecule has 57 heavy (non-hydrogen) atoms. The highest BCUT2D eigenvalue weighted by atomic mass is 14.9. The Morgan fingerprint density at radius 3 is 1.65 bits per heavy atom. The molecule has 2 nitrogen and oxygen atoms in total. The minimum Gasteiger partial charge on any atom is -0.228 e. The fraction of sp³-hybridized carbons (Fsp3) is 0.0545. The van der Waals surface area contributed by atoms with Crippen LogP contribution in [0.1, 0.15) is 25.0 Å². The Hall–Kier alpha value is -7.16. The number of hydrogen-bond acceptors (Lipinski definition) is 2. The maximum atomic E-state index is 5.25. The van der Waals surface area contributed by atoms with Crippen LogP contribution in [0.25, 0.3) is 99.6 Å². The molecule has 0 radical (unpaired) electrons. The first-order valence-electron chi connectivity index (χ1n) is 19.7. The Bertz CT molecular complexity index is 3210. The van der Waals surface area contributed by atoms with Crippen molar-refractivity contribution in [3.63, 3.8) is 0 Å². The van der Waals surface area contributed by atoms with Gasteiger partial charge in [-0.15, -0.1) is 0 Å². The number of nitrogens with zero attached hydrogens (tertiary/aromatic N) is 2. The average molecular weight is 727 g/mol. The number of benzene rings is 9. The smallest absolute Gasteiger partial charge is 0.160 e. The lowest BCUT2D eigenvalue weighted by atomic mass is 9.79. The third kappa shape index (κ3) is 5.40. The van der Waals surface area contributed by atoms with Gasteiger partial charge in [-0.05, 0) is 95.0 Å². The summed E-state index contributed by atoms with van der Waals surface area (Å²) in [5.41, 5.74) is 15.2. The minimum absolute atomic E-state index is 0.111. The number of hydrogen-bond donors (Lipinski definition) is 0. The summed E-state index contributed by atoms with van der Waals surface area (Å²) in [6.07, 6.45) is 0. The van der Waals surface area contributed by atoms with Gasteiger partial charge in [0.05, 0.1) is 11.4 Å². The van der Waals surface area contributed by atoms with E-state index in [0.29, 0.717) is 5.82 Å². The van der Waals surface area contributed by atoms with E-state index in [1.54, 1.807) is 0 Å². The van der Waals surface area contributed by atoms with Crippen molar-refractivity contribution in [2.24, 2.45) is 0 Å². The molecule has 1 aromatic heterocycles. The molecule has 1 aliphatic carbocycles. The van der Waals surface area contributed by atoms with Crippen molar-refractivity contribution < 1.29 is 0 Å². The van der Waals surface area contributed by atoms with Gasteiger partial charge in [0.2, 0.25) is 0 Å². The second-order valence-corrected chi connectivity index (χ2v) is 15.7. The molecular weight excluding hydrogens is 689 g/mol. The van der Waals surface area contributed by atoms with Crippen LogP contribution >= 0.6 is 0 Å². The molecule has 0 aliphatic heterocycles. The van der Waals surface area contributed by atoms with Gasteiger partial charge in [-0.25, -0.2) is 9.97 Å². The topological polar surface area (TPSA) is 25.8 Å². The molecule has 0 amide bonds. The zero-order chi connectivity index (χ0) is 38.1. The van der Waals surface area contributed by atoms with Crippen molar-refractivity contribution >= 4 is 32.3 Å². The van der Waals surface area contributed by atoms with E-state index in [4.69, 9.17) is 9.97 Å². The van der Waals surface area contributed by atoms with Crippen molar-refractivity contribution in [2.45, 2.75) is 19.3 Å². The minimum atomic E-state index is -0.111. The lowest BCUT2D eigenvalue weighted by Crippen LogP contribution is -2.15. The van der Waals surface area contributed by atoms with Crippen LogP contribution < -0.4 is 0 Å². The number of fused-ring (bicyclic) bond motifs is 7. The van der Waals surface area contributed by atoms with E-state index in [9.17, 15) is 0 Å². The van der Waals surface area contributed by atoms with Gasteiger partial charge < -0.3 is 0 Å². The summed E-state index contributed by atoms with van der Waals surface area (Å²) >= 11 is 0. The molecule has 0 bridgehead atoms. The summed E-state index contributed by atoms with van der Waals surface area (Å²) in [5.74, 6) is 0.714. The van der Waals surface area contributed by atoms with Crippen LogP contribution in [-0.4, -0.2) is 9.97 Å². The summed E-state index contributed by atoms with van der Waals surface area (Å²) in [5, 5.41) is 7.36. The molecule has 0 spiro atoms. The molecule has 1 aliphatic rings. The fourth-order valence-electron chi connectivity index (χ4n) is 9.31. The van der Waals surface area contributed by atoms with Crippen molar-refractivity contribution in [3.05, 3.63) is 205 Å². The van der Waals surface area contributed by atoms with Gasteiger partial charge in [0.1, 0.15) is 0 Å². The van der Waals surface area contributed by atoms with Crippen molar-refractivity contribution in [3.8, 4) is 67.3 Å². The summed E-state index contributed by atoms with van der Waals surface area (Å²) < 4.78 is 0. The summed E-state index contributed by atoms with van der Waals surface area (Å²) in [6, 6.07) is 70.1. The van der Waals surface area contributed by atoms with Gasteiger partial charge in [-0.1, -0.05) is 190 Å². The average Bonchev–Trinajstić information content (AvgIpc) is 3.51. The summed E-state index contributed by atoms with van der Waals surface area (Å²) in [7, 11) is 0. The van der Waals surface area contributed by atoms with E-state index in [1.165, 1.54) is 71.4 Å². The normalized spacial score (nSPS) is 12.9. The highest BCUT2D eigenvalue weighted by molar-refractivity contribution is 6.06. The lowest BCUT2D eigenvalue weighted by Gasteiger charge is -2.23. The second-order valence-electron chi connectivity index (χ2n) is 15.7. The zero-order valence-corrected chi connectivity index (χ0v) is 31.9. The third-order valence-electron chi connectivity index (χ3n) is 12.1. The molecule has 0 saturated heterocycles. The van der Waals surface area contributed by atoms with Crippen LogP contribution in [0.2, 0.25) is 0 Å². The first-order chi connectivity index (χ1) is 28.0. The van der Waals surface area contributed by atoms with Crippen LogP contribution in [0.5, 0.6) is 0 Å². The van der Waals surface area contributed by atoms with Crippen molar-refractivity contribution in [1.29, 1.82) is 0 Å². The molecular formula is C55H38N2. The van der Waals surface area contributed by atoms with Crippen LogP contribution in [-0.2, 0) is 5.41 Å². The Labute approximate surface area is 332 Å². The van der Waals surface area contributed by atoms with E-state index in [0.717, 1.165) is 33.5 Å². The number of rotatable bonds is 5. The van der Waals surface area contributed by atoms with Gasteiger partial charge in [0, 0.05) is 22.1 Å². The molecule has 1 heterocycles. The summed E-state index contributed by atoms with van der Waals surface area (Å²) in [4.78, 5) is 10.4. The van der Waals surface area contributed by atoms with Gasteiger partial charge >= 0.3 is 0 Å². The molecule has 0 atom stereocenters. The molecule has 0 unspecified atom stereocenters. The molecule has 10 aromatic rings. The predicted octanol–water partition coefficient (Wildman–Crippen LogP) is 14.6. The predicted molar refractivity (Wildman–Crippen MR) is 239 cm³/mol. The first-order valence-corrected chi connectivity index (χ1v) is 19.7. The fourth-order valence-corrected chi connectivity index (χ4v) is 9.31. The molecule has 0 fully saturated rings. The Kier molecular flexibility index (Phi) is 7.55. The van der Waals surface area contributed by atoms with Gasteiger partial charge in [-0.3, -0.25) is 0 Å². The third-order valence-corrected chi connectivity index (χ3v) is 12.1. The molecule has 0 saturated carbocycles. The zero-order valence-electron chi connectivity index (χ0n) is 31.9. The Morgan fingerprint density at radius 1 is 0.333 bits per heavy atom. The maximum Gasteiger partial charge on any atom is 0.160 e. The standard InChI is InChI=1S/C55H38N2/c1-55(2)50-33-39(27-28-46(50)49-29-26-36-15-7-9-22-43(36)53(49)55)38-19-12-20-40(32-38)42-30-31-48(45-24-11-10-23-44(42)45)52-34-51(56-54(57-52)37-16-4-3-5-17-37)47-25-13-18-35-14-6-8-21-41(35)47/h3-34H,1-2H3.